The number of rotatable bonds is 6. The second kappa shape index (κ2) is 9.28. The number of anilines is 1. The number of para-hydroxylation sites is 1. The van der Waals surface area contributed by atoms with Crippen LogP contribution in [0.2, 0.25) is 0 Å². The average molecular weight is 446 g/mol. The molecule has 1 aromatic heterocycles. The second-order valence-corrected chi connectivity index (χ2v) is 8.28. The van der Waals surface area contributed by atoms with E-state index < -0.39 is 0 Å². The van der Waals surface area contributed by atoms with Crippen LogP contribution in [0.3, 0.4) is 0 Å². The Balaban J connectivity index is 1.69. The molecule has 7 heteroatoms. The van der Waals surface area contributed by atoms with Crippen molar-refractivity contribution in [3.05, 3.63) is 88.2 Å². The van der Waals surface area contributed by atoms with Gasteiger partial charge in [-0.15, -0.1) is 0 Å². The quantitative estimate of drug-likeness (QED) is 0.343. The average Bonchev–Trinajstić information content (AvgIpc) is 2.80. The van der Waals surface area contributed by atoms with Gasteiger partial charge in [-0.25, -0.2) is 4.98 Å². The molecule has 4 rings (SSSR count). The molecular formula is C25H23N3O3S. The first-order chi connectivity index (χ1) is 15.5. The molecule has 4 aromatic rings. The molecule has 0 aliphatic carbocycles. The van der Waals surface area contributed by atoms with E-state index in [1.54, 1.807) is 29.9 Å². The van der Waals surface area contributed by atoms with Crippen LogP contribution in [0.25, 0.3) is 16.6 Å². The highest BCUT2D eigenvalue weighted by Gasteiger charge is 2.16. The van der Waals surface area contributed by atoms with Crippen LogP contribution in [0.4, 0.5) is 5.69 Å². The van der Waals surface area contributed by atoms with Crippen LogP contribution in [0.15, 0.2) is 76.7 Å². The number of amides is 1. The smallest absolute Gasteiger partial charge is 0.266 e. The number of nitrogens with one attached hydrogen (secondary N) is 1. The number of ether oxygens (including phenoxy) is 1. The molecule has 1 amide bonds. The van der Waals surface area contributed by atoms with E-state index in [4.69, 9.17) is 9.72 Å². The van der Waals surface area contributed by atoms with E-state index in [0.29, 0.717) is 27.5 Å². The number of carbonyl (C=O) groups is 1. The third-order valence-corrected chi connectivity index (χ3v) is 6.19. The van der Waals surface area contributed by atoms with Crippen molar-refractivity contribution in [1.29, 1.82) is 0 Å². The third-order valence-electron chi connectivity index (χ3n) is 5.25. The standard InChI is InChI=1S/C25H23N3O3S/c1-16-8-6-13-22(17(16)2)28-24(30)20-11-4-5-12-21(20)27-25(28)32-15-23(29)26-18-9-7-10-19(14-18)31-3/h4-14H,15H2,1-3H3,(H,26,29). The van der Waals surface area contributed by atoms with Gasteiger partial charge in [0, 0.05) is 11.8 Å². The molecule has 0 saturated heterocycles. The molecule has 0 spiro atoms. The van der Waals surface area contributed by atoms with Gasteiger partial charge in [0.25, 0.3) is 5.56 Å². The van der Waals surface area contributed by atoms with Crippen LogP contribution in [0.5, 0.6) is 5.75 Å². The molecule has 162 valence electrons. The van der Waals surface area contributed by atoms with Gasteiger partial charge in [-0.2, -0.15) is 0 Å². The summed E-state index contributed by atoms with van der Waals surface area (Å²) in [6, 6.07) is 20.3. The number of aryl methyl sites for hydroxylation is 1. The van der Waals surface area contributed by atoms with E-state index in [0.717, 1.165) is 16.8 Å². The summed E-state index contributed by atoms with van der Waals surface area (Å²) in [5, 5.41) is 3.88. The van der Waals surface area contributed by atoms with Gasteiger partial charge >= 0.3 is 0 Å². The number of fused-ring (bicyclic) bond motifs is 1. The Hall–Kier alpha value is -3.58. The Morgan fingerprint density at radius 3 is 2.66 bits per heavy atom. The number of hydrogen-bond donors (Lipinski definition) is 1. The van der Waals surface area contributed by atoms with Gasteiger partial charge in [0.05, 0.1) is 29.5 Å². The van der Waals surface area contributed by atoms with Crippen molar-refractivity contribution in [2.24, 2.45) is 0 Å². The molecule has 0 radical (unpaired) electrons. The van der Waals surface area contributed by atoms with Crippen LogP contribution in [0, 0.1) is 13.8 Å². The predicted octanol–water partition coefficient (Wildman–Crippen LogP) is 4.74. The van der Waals surface area contributed by atoms with E-state index in [1.165, 1.54) is 11.8 Å². The number of hydrogen-bond acceptors (Lipinski definition) is 5. The minimum atomic E-state index is -0.196. The van der Waals surface area contributed by atoms with E-state index in [1.807, 2.05) is 62.4 Å². The number of methoxy groups -OCH3 is 1. The van der Waals surface area contributed by atoms with Crippen molar-refractivity contribution in [3.63, 3.8) is 0 Å². The lowest BCUT2D eigenvalue weighted by atomic mass is 10.1. The number of thioether (sulfide) groups is 1. The van der Waals surface area contributed by atoms with Crippen LogP contribution in [0.1, 0.15) is 11.1 Å². The third kappa shape index (κ3) is 4.38. The number of carbonyl (C=O) groups excluding carboxylic acids is 1. The Labute approximate surface area is 190 Å². The van der Waals surface area contributed by atoms with Crippen LogP contribution in [-0.4, -0.2) is 28.3 Å². The summed E-state index contributed by atoms with van der Waals surface area (Å²) in [4.78, 5) is 30.7. The van der Waals surface area contributed by atoms with Crippen LogP contribution in [-0.2, 0) is 4.79 Å². The monoisotopic (exact) mass is 445 g/mol. The van der Waals surface area contributed by atoms with Gasteiger partial charge in [-0.05, 0) is 55.3 Å². The number of nitrogens with zero attached hydrogens (tertiary/aromatic N) is 2. The molecule has 3 aromatic carbocycles. The lowest BCUT2D eigenvalue weighted by Gasteiger charge is -2.16. The zero-order valence-electron chi connectivity index (χ0n) is 18.1. The van der Waals surface area contributed by atoms with Crippen molar-refractivity contribution < 1.29 is 9.53 Å². The lowest BCUT2D eigenvalue weighted by Crippen LogP contribution is -2.23. The largest absolute Gasteiger partial charge is 0.497 e. The summed E-state index contributed by atoms with van der Waals surface area (Å²) in [6.07, 6.45) is 0. The van der Waals surface area contributed by atoms with Gasteiger partial charge in [-0.1, -0.05) is 42.1 Å². The van der Waals surface area contributed by atoms with Gasteiger partial charge in [0.2, 0.25) is 5.91 Å². The molecule has 6 nitrogen and oxygen atoms in total. The van der Waals surface area contributed by atoms with Crippen molar-refractivity contribution in [3.8, 4) is 11.4 Å². The normalized spacial score (nSPS) is 10.8. The van der Waals surface area contributed by atoms with E-state index in [9.17, 15) is 9.59 Å². The van der Waals surface area contributed by atoms with Crippen molar-refractivity contribution in [1.82, 2.24) is 9.55 Å². The van der Waals surface area contributed by atoms with E-state index in [-0.39, 0.29) is 17.2 Å². The fourth-order valence-electron chi connectivity index (χ4n) is 3.43. The zero-order valence-corrected chi connectivity index (χ0v) is 18.9. The molecular weight excluding hydrogens is 422 g/mol. The van der Waals surface area contributed by atoms with Gasteiger partial charge in [0.15, 0.2) is 5.16 Å². The maximum absolute atomic E-state index is 13.4. The predicted molar refractivity (Wildman–Crippen MR) is 129 cm³/mol. The molecule has 0 atom stereocenters. The highest BCUT2D eigenvalue weighted by atomic mass is 32.2. The first-order valence-electron chi connectivity index (χ1n) is 10.1. The Kier molecular flexibility index (Phi) is 6.28. The summed E-state index contributed by atoms with van der Waals surface area (Å²) in [7, 11) is 1.58. The SMILES string of the molecule is COc1cccc(NC(=O)CSc2nc3ccccc3c(=O)n2-c2cccc(C)c2C)c1. The summed E-state index contributed by atoms with van der Waals surface area (Å²) < 4.78 is 6.81. The van der Waals surface area contributed by atoms with Crippen LogP contribution >= 0.6 is 11.8 Å². The fourth-order valence-corrected chi connectivity index (χ4v) is 4.23. The van der Waals surface area contributed by atoms with Gasteiger partial charge < -0.3 is 10.1 Å². The van der Waals surface area contributed by atoms with E-state index >= 15 is 0 Å². The number of aromatic nitrogens is 2. The highest BCUT2D eigenvalue weighted by molar-refractivity contribution is 7.99. The molecule has 0 saturated carbocycles. The maximum atomic E-state index is 13.4. The first-order valence-corrected chi connectivity index (χ1v) is 11.1. The van der Waals surface area contributed by atoms with Crippen molar-refractivity contribution >= 4 is 34.3 Å². The topological polar surface area (TPSA) is 73.2 Å². The molecule has 1 heterocycles. The molecule has 0 bridgehead atoms. The lowest BCUT2D eigenvalue weighted by molar-refractivity contribution is -0.113. The Morgan fingerprint density at radius 2 is 1.84 bits per heavy atom. The van der Waals surface area contributed by atoms with Crippen molar-refractivity contribution in [2.75, 3.05) is 18.2 Å². The van der Waals surface area contributed by atoms with Gasteiger partial charge in [0.1, 0.15) is 5.75 Å². The highest BCUT2D eigenvalue weighted by Crippen LogP contribution is 2.25. The molecule has 32 heavy (non-hydrogen) atoms. The molecule has 1 N–H and O–H groups in total. The summed E-state index contributed by atoms with van der Waals surface area (Å²) in [6.45, 7) is 3.99. The molecule has 0 fully saturated rings. The maximum Gasteiger partial charge on any atom is 0.266 e. The van der Waals surface area contributed by atoms with Crippen molar-refractivity contribution in [2.45, 2.75) is 19.0 Å². The summed E-state index contributed by atoms with van der Waals surface area (Å²) in [5.41, 5.74) is 3.94. The molecule has 0 unspecified atom stereocenters. The number of benzene rings is 3. The zero-order chi connectivity index (χ0) is 22.7. The fraction of sp³-hybridized carbons (Fsp3) is 0.160. The first kappa shape index (κ1) is 21.6. The Morgan fingerprint density at radius 1 is 1.06 bits per heavy atom. The summed E-state index contributed by atoms with van der Waals surface area (Å²) >= 11 is 1.23. The Bertz CT molecular complexity index is 1360. The van der Waals surface area contributed by atoms with Crippen LogP contribution < -0.4 is 15.6 Å². The summed E-state index contributed by atoms with van der Waals surface area (Å²) in [5.74, 6) is 0.570. The van der Waals surface area contributed by atoms with Gasteiger partial charge in [-0.3, -0.25) is 14.2 Å². The minimum absolute atomic E-state index is 0.104. The van der Waals surface area contributed by atoms with E-state index in [2.05, 4.69) is 5.32 Å². The molecule has 0 aliphatic heterocycles. The minimum Gasteiger partial charge on any atom is -0.497 e. The molecule has 0 aliphatic rings. The second-order valence-electron chi connectivity index (χ2n) is 7.34.